The molecule has 15 heavy (non-hydrogen) atoms. The quantitative estimate of drug-likeness (QED) is 0.828. The molecule has 0 unspecified atom stereocenters. The number of hydrogen-bond acceptors (Lipinski definition) is 4. The maximum atomic E-state index is 11.3. The number of nitrogens with zero attached hydrogens (tertiary/aromatic N) is 1. The van der Waals surface area contributed by atoms with E-state index < -0.39 is 0 Å². The van der Waals surface area contributed by atoms with Gasteiger partial charge in [-0.25, -0.2) is 0 Å². The molecule has 0 saturated carbocycles. The van der Waals surface area contributed by atoms with Crippen LogP contribution in [0.2, 0.25) is 0 Å². The molecule has 2 aromatic heterocycles. The van der Waals surface area contributed by atoms with Crippen LogP contribution in [0.5, 0.6) is 5.88 Å². The molecular weight excluding hydrogens is 264 g/mol. The summed E-state index contributed by atoms with van der Waals surface area (Å²) in [6.45, 7) is 1.49. The number of nitrogens with one attached hydrogen (secondary N) is 1. The second-order valence-electron chi connectivity index (χ2n) is 2.97. The van der Waals surface area contributed by atoms with Crippen LogP contribution in [0.4, 0.5) is 0 Å². The van der Waals surface area contributed by atoms with Crippen LogP contribution in [0.3, 0.4) is 0 Å². The van der Waals surface area contributed by atoms with E-state index in [1.54, 1.807) is 12.1 Å². The number of aromatic nitrogens is 2. The molecule has 2 aromatic rings. The normalized spacial score (nSPS) is 10.5. The lowest BCUT2D eigenvalue weighted by Crippen LogP contribution is -2.11. The molecule has 0 fully saturated rings. The minimum atomic E-state index is -0.384. The van der Waals surface area contributed by atoms with Gasteiger partial charge < -0.3 is 14.5 Å². The highest BCUT2D eigenvalue weighted by Gasteiger charge is 2.10. The van der Waals surface area contributed by atoms with Gasteiger partial charge in [-0.1, -0.05) is 0 Å². The summed E-state index contributed by atoms with van der Waals surface area (Å²) >= 11 is 3.13. The molecule has 2 N–H and O–H groups in total. The van der Waals surface area contributed by atoms with E-state index in [0.29, 0.717) is 10.4 Å². The Labute approximate surface area is 92.9 Å². The lowest BCUT2D eigenvalue weighted by Gasteiger charge is -1.99. The van der Waals surface area contributed by atoms with Crippen molar-refractivity contribution in [2.45, 2.75) is 6.92 Å². The molecule has 0 bridgehead atoms. The monoisotopic (exact) mass is 270 g/mol. The summed E-state index contributed by atoms with van der Waals surface area (Å²) < 4.78 is 5.72. The smallest absolute Gasteiger partial charge is 0.257 e. The average Bonchev–Trinajstić information content (AvgIpc) is 2.60. The van der Waals surface area contributed by atoms with Crippen LogP contribution in [0.25, 0.3) is 11.6 Å². The largest absolute Gasteiger partial charge is 0.493 e. The van der Waals surface area contributed by atoms with Gasteiger partial charge in [-0.2, -0.15) is 4.98 Å². The Morgan fingerprint density at radius 3 is 2.80 bits per heavy atom. The molecular formula is C9H7BrN2O3. The van der Waals surface area contributed by atoms with Crippen molar-refractivity contribution in [3.8, 4) is 17.5 Å². The standard InChI is InChI=1S/C9H7BrN2O3/c1-4-8(13)11-7(12-9(4)14)5-2-3-6(10)15-5/h2-3H,1H3,(H2,11,12,13,14). The van der Waals surface area contributed by atoms with Gasteiger partial charge in [-0.3, -0.25) is 4.79 Å². The van der Waals surface area contributed by atoms with Crippen LogP contribution in [0.1, 0.15) is 5.56 Å². The maximum absolute atomic E-state index is 11.3. The molecule has 0 radical (unpaired) electrons. The summed E-state index contributed by atoms with van der Waals surface area (Å²) in [6.07, 6.45) is 0. The second-order valence-corrected chi connectivity index (χ2v) is 3.75. The summed E-state index contributed by atoms with van der Waals surface area (Å²) in [7, 11) is 0. The van der Waals surface area contributed by atoms with E-state index in [1.807, 2.05) is 0 Å². The van der Waals surface area contributed by atoms with Crippen molar-refractivity contribution in [2.24, 2.45) is 0 Å². The first-order valence-electron chi connectivity index (χ1n) is 4.13. The fraction of sp³-hybridized carbons (Fsp3) is 0.111. The van der Waals surface area contributed by atoms with Gasteiger partial charge in [0.1, 0.15) is 0 Å². The number of H-pyrrole nitrogens is 1. The van der Waals surface area contributed by atoms with Crippen molar-refractivity contribution in [3.63, 3.8) is 0 Å². The van der Waals surface area contributed by atoms with E-state index in [-0.39, 0.29) is 22.8 Å². The van der Waals surface area contributed by atoms with E-state index in [0.717, 1.165) is 0 Å². The van der Waals surface area contributed by atoms with E-state index in [2.05, 4.69) is 25.9 Å². The number of hydrogen-bond donors (Lipinski definition) is 2. The third-order valence-corrected chi connectivity index (χ3v) is 2.36. The first-order valence-corrected chi connectivity index (χ1v) is 4.93. The maximum Gasteiger partial charge on any atom is 0.257 e. The predicted octanol–water partition coefficient (Wildman–Crippen LogP) is 1.81. The van der Waals surface area contributed by atoms with E-state index in [4.69, 9.17) is 4.42 Å². The van der Waals surface area contributed by atoms with E-state index in [1.165, 1.54) is 6.92 Å². The average molecular weight is 271 g/mol. The molecule has 0 aromatic carbocycles. The molecule has 0 atom stereocenters. The van der Waals surface area contributed by atoms with E-state index >= 15 is 0 Å². The lowest BCUT2D eigenvalue weighted by molar-refractivity contribution is 0.445. The van der Waals surface area contributed by atoms with Gasteiger partial charge in [0.15, 0.2) is 16.3 Å². The number of aromatic amines is 1. The van der Waals surface area contributed by atoms with Crippen LogP contribution in [-0.4, -0.2) is 15.1 Å². The molecule has 5 nitrogen and oxygen atoms in total. The number of furan rings is 1. The zero-order valence-electron chi connectivity index (χ0n) is 7.74. The van der Waals surface area contributed by atoms with Gasteiger partial charge in [-0.05, 0) is 35.0 Å². The third kappa shape index (κ3) is 1.80. The Morgan fingerprint density at radius 2 is 2.27 bits per heavy atom. The summed E-state index contributed by atoms with van der Waals surface area (Å²) in [5, 5.41) is 9.36. The molecule has 0 aliphatic heterocycles. The SMILES string of the molecule is Cc1c(O)nc(-c2ccc(Br)o2)[nH]c1=O. The minimum Gasteiger partial charge on any atom is -0.493 e. The molecule has 0 aliphatic carbocycles. The van der Waals surface area contributed by atoms with Crippen molar-refractivity contribution >= 4 is 15.9 Å². The van der Waals surface area contributed by atoms with Crippen molar-refractivity contribution in [1.82, 2.24) is 9.97 Å². The van der Waals surface area contributed by atoms with Crippen molar-refractivity contribution < 1.29 is 9.52 Å². The molecule has 2 rings (SSSR count). The molecule has 6 heteroatoms. The number of aromatic hydroxyl groups is 1. The summed E-state index contributed by atoms with van der Waals surface area (Å²) in [5.74, 6) is 0.296. The zero-order valence-corrected chi connectivity index (χ0v) is 9.33. The van der Waals surface area contributed by atoms with Crippen LogP contribution in [0.15, 0.2) is 26.0 Å². The second kappa shape index (κ2) is 3.54. The molecule has 78 valence electrons. The predicted molar refractivity (Wildman–Crippen MR) is 56.7 cm³/mol. The Hall–Kier alpha value is -1.56. The first kappa shape index (κ1) is 9.97. The van der Waals surface area contributed by atoms with Gasteiger partial charge in [0, 0.05) is 0 Å². The molecule has 0 aliphatic rings. The minimum absolute atomic E-state index is 0.185. The van der Waals surface area contributed by atoms with Crippen molar-refractivity contribution in [2.75, 3.05) is 0 Å². The summed E-state index contributed by atoms with van der Waals surface area (Å²) in [5.41, 5.74) is -0.200. The third-order valence-electron chi connectivity index (χ3n) is 1.93. The fourth-order valence-corrected chi connectivity index (χ4v) is 1.39. The Balaban J connectivity index is 2.60. The highest BCUT2D eigenvalue weighted by molar-refractivity contribution is 9.10. The zero-order chi connectivity index (χ0) is 11.0. The Kier molecular flexibility index (Phi) is 2.36. The lowest BCUT2D eigenvalue weighted by atomic mass is 10.3. The van der Waals surface area contributed by atoms with Crippen molar-refractivity contribution in [1.29, 1.82) is 0 Å². The summed E-state index contributed by atoms with van der Waals surface area (Å²) in [4.78, 5) is 17.6. The van der Waals surface area contributed by atoms with Gasteiger partial charge in [0.2, 0.25) is 5.88 Å². The van der Waals surface area contributed by atoms with Crippen LogP contribution in [-0.2, 0) is 0 Å². The first-order chi connectivity index (χ1) is 7.08. The van der Waals surface area contributed by atoms with E-state index in [9.17, 15) is 9.90 Å². The van der Waals surface area contributed by atoms with Gasteiger partial charge in [0.05, 0.1) is 5.56 Å². The van der Waals surface area contributed by atoms with Crippen LogP contribution >= 0.6 is 15.9 Å². The van der Waals surface area contributed by atoms with Gasteiger partial charge >= 0.3 is 0 Å². The molecule has 2 heterocycles. The molecule has 0 spiro atoms. The highest BCUT2D eigenvalue weighted by atomic mass is 79.9. The molecule has 0 amide bonds. The topological polar surface area (TPSA) is 79.1 Å². The summed E-state index contributed by atoms with van der Waals surface area (Å²) in [6, 6.07) is 3.31. The Morgan fingerprint density at radius 1 is 1.53 bits per heavy atom. The van der Waals surface area contributed by atoms with Gasteiger partial charge in [0.25, 0.3) is 5.56 Å². The van der Waals surface area contributed by atoms with Crippen LogP contribution < -0.4 is 5.56 Å². The Bertz CT molecular complexity index is 559. The number of rotatable bonds is 1. The van der Waals surface area contributed by atoms with Gasteiger partial charge in [-0.15, -0.1) is 0 Å². The fourth-order valence-electron chi connectivity index (χ4n) is 1.08. The van der Waals surface area contributed by atoms with Crippen LogP contribution in [0, 0.1) is 6.92 Å². The highest BCUT2D eigenvalue weighted by Crippen LogP contribution is 2.22. The molecule has 0 saturated heterocycles. The van der Waals surface area contributed by atoms with Crippen molar-refractivity contribution in [3.05, 3.63) is 32.7 Å². The number of halogens is 1.